The number of hydrogen-bond acceptors (Lipinski definition) is 12. The molecule has 14 nitrogen and oxygen atoms in total. The van der Waals surface area contributed by atoms with E-state index >= 15 is 0 Å². The van der Waals surface area contributed by atoms with Crippen molar-refractivity contribution in [3.05, 3.63) is 41.8 Å². The molecule has 5 atom stereocenters. The number of allylic oxidation sites excluding steroid dienone is 1. The second-order valence-corrected chi connectivity index (χ2v) is 16.6. The van der Waals surface area contributed by atoms with E-state index in [4.69, 9.17) is 28.9 Å². The number of amides is 3. The van der Waals surface area contributed by atoms with Crippen molar-refractivity contribution in [1.82, 2.24) is 25.5 Å². The van der Waals surface area contributed by atoms with Crippen molar-refractivity contribution in [2.45, 2.75) is 127 Å². The number of pyridine rings is 1. The number of carbonyl (C=O) groups is 4. The van der Waals surface area contributed by atoms with Crippen LogP contribution in [0.3, 0.4) is 0 Å². The summed E-state index contributed by atoms with van der Waals surface area (Å²) in [6.07, 6.45) is 10.3. The molecule has 57 heavy (non-hydrogen) atoms. The Morgan fingerprint density at radius 2 is 1.84 bits per heavy atom. The highest BCUT2D eigenvalue weighted by atomic mass is 32.1. The predicted octanol–water partition coefficient (Wildman–Crippen LogP) is 6.53. The molecule has 15 heteroatoms. The van der Waals surface area contributed by atoms with E-state index in [-0.39, 0.29) is 37.6 Å². The summed E-state index contributed by atoms with van der Waals surface area (Å²) in [5.41, 5.74) is 0.674. The van der Waals surface area contributed by atoms with E-state index in [9.17, 15) is 19.2 Å². The lowest BCUT2D eigenvalue weighted by atomic mass is 10.0. The van der Waals surface area contributed by atoms with Gasteiger partial charge in [-0.3, -0.25) is 9.59 Å². The fraction of sp³-hybridized carbons (Fsp3) is 0.571. The molecule has 1 saturated heterocycles. The van der Waals surface area contributed by atoms with Crippen molar-refractivity contribution in [3.8, 4) is 22.9 Å². The van der Waals surface area contributed by atoms with Gasteiger partial charge in [-0.05, 0) is 84.3 Å². The van der Waals surface area contributed by atoms with E-state index in [1.807, 2.05) is 49.6 Å². The van der Waals surface area contributed by atoms with E-state index in [1.54, 1.807) is 14.0 Å². The predicted molar refractivity (Wildman–Crippen MR) is 216 cm³/mol. The molecule has 2 aliphatic carbocycles. The van der Waals surface area contributed by atoms with Gasteiger partial charge in [0.25, 0.3) is 0 Å². The summed E-state index contributed by atoms with van der Waals surface area (Å²) in [6, 6.07) is 5.66. The number of ether oxygens (including phenoxy) is 4. The average molecular weight is 803 g/mol. The number of nitrogens with zero attached hydrogens (tertiary/aromatic N) is 3. The van der Waals surface area contributed by atoms with Crippen molar-refractivity contribution in [2.75, 3.05) is 25.6 Å². The second kappa shape index (κ2) is 17.7. The smallest absolute Gasteiger partial charge is 0.408 e. The molecule has 4 heterocycles. The van der Waals surface area contributed by atoms with Crippen LogP contribution in [0.1, 0.15) is 91.4 Å². The largest absolute Gasteiger partial charge is 0.497 e. The third-order valence-electron chi connectivity index (χ3n) is 11.2. The van der Waals surface area contributed by atoms with Gasteiger partial charge in [-0.15, -0.1) is 11.3 Å². The van der Waals surface area contributed by atoms with Gasteiger partial charge < -0.3 is 39.8 Å². The Balaban J connectivity index is 1.21. The minimum absolute atomic E-state index is 0.0664. The molecule has 2 saturated carbocycles. The molecule has 3 aromatic rings. The van der Waals surface area contributed by atoms with Crippen molar-refractivity contribution in [1.29, 1.82) is 0 Å². The number of rotatable bonds is 10. The zero-order chi connectivity index (χ0) is 40.1. The number of hydrogen-bond donors (Lipinski definition) is 3. The number of carbonyl (C=O) groups excluding carboxylic acids is 4. The fourth-order valence-corrected chi connectivity index (χ4v) is 8.99. The lowest BCUT2D eigenvalue weighted by molar-refractivity contribution is -0.150. The molecule has 1 unspecified atom stereocenters. The molecule has 7 rings (SSSR count). The summed E-state index contributed by atoms with van der Waals surface area (Å²) < 4.78 is 23.5. The minimum atomic E-state index is -1.22. The Morgan fingerprint density at radius 1 is 1.04 bits per heavy atom. The maximum absolute atomic E-state index is 14.7. The Hall–Kier alpha value is -4.92. The third-order valence-corrected chi connectivity index (χ3v) is 12.0. The van der Waals surface area contributed by atoms with Gasteiger partial charge in [0.1, 0.15) is 47.0 Å². The maximum atomic E-state index is 14.7. The van der Waals surface area contributed by atoms with Gasteiger partial charge in [-0.25, -0.2) is 19.6 Å². The number of anilines is 1. The summed E-state index contributed by atoms with van der Waals surface area (Å²) in [7, 11) is 1.59. The Morgan fingerprint density at radius 3 is 2.61 bits per heavy atom. The van der Waals surface area contributed by atoms with Gasteiger partial charge in [-0.1, -0.05) is 25.0 Å². The number of thiazole rings is 1. The quantitative estimate of drug-likeness (QED) is 0.150. The number of fused-ring (bicyclic) bond motifs is 3. The molecule has 2 aromatic heterocycles. The lowest BCUT2D eigenvalue weighted by Gasteiger charge is -2.29. The van der Waals surface area contributed by atoms with Crippen LogP contribution in [-0.4, -0.2) is 94.9 Å². The van der Waals surface area contributed by atoms with E-state index in [2.05, 4.69) is 22.0 Å². The van der Waals surface area contributed by atoms with E-state index < -0.39 is 47.6 Å². The van der Waals surface area contributed by atoms with Crippen LogP contribution in [0.25, 0.3) is 22.3 Å². The minimum Gasteiger partial charge on any atom is -0.497 e. The van der Waals surface area contributed by atoms with Gasteiger partial charge in [0.15, 0.2) is 5.13 Å². The zero-order valence-corrected chi connectivity index (χ0v) is 34.0. The second-order valence-electron chi connectivity index (χ2n) is 15.8. The van der Waals surface area contributed by atoms with Crippen LogP contribution in [-0.2, 0) is 23.9 Å². The topological polar surface area (TPSA) is 170 Å². The lowest BCUT2D eigenvalue weighted by Crippen LogP contribution is -2.56. The average Bonchev–Trinajstić information content (AvgIpc) is 3.62. The molecule has 0 radical (unpaired) electrons. The summed E-state index contributed by atoms with van der Waals surface area (Å²) in [5.74, 6) is -0.444. The van der Waals surface area contributed by atoms with Crippen molar-refractivity contribution in [2.24, 2.45) is 5.92 Å². The first kappa shape index (κ1) is 40.3. The van der Waals surface area contributed by atoms with Crippen molar-refractivity contribution in [3.63, 3.8) is 0 Å². The summed E-state index contributed by atoms with van der Waals surface area (Å²) in [5, 5.41) is 12.7. The SMILES string of the molecule is CCOC(=O)[C@@]12CC1C=CCCCCC[C@H](NC(=O)OC1CCCC1)C(=O)N1C[C@H](Oc3cc(-c4csc(NC(C)C)n4)nc4cc(OC)ccc34)C[C@H]1C(=O)N2. The Labute approximate surface area is 337 Å². The zero-order valence-electron chi connectivity index (χ0n) is 33.2. The highest BCUT2D eigenvalue weighted by molar-refractivity contribution is 7.14. The Kier molecular flexibility index (Phi) is 12.5. The van der Waals surface area contributed by atoms with Gasteiger partial charge in [0, 0.05) is 41.3 Å². The molecule has 3 fully saturated rings. The number of aromatic nitrogens is 2. The number of methoxy groups -OCH3 is 1. The van der Waals surface area contributed by atoms with Crippen LogP contribution in [0.15, 0.2) is 41.8 Å². The van der Waals surface area contributed by atoms with Crippen LogP contribution in [0, 0.1) is 5.92 Å². The maximum Gasteiger partial charge on any atom is 0.408 e. The summed E-state index contributed by atoms with van der Waals surface area (Å²) in [6.45, 7) is 6.07. The van der Waals surface area contributed by atoms with Crippen LogP contribution in [0.2, 0.25) is 0 Å². The molecule has 4 aliphatic rings. The first-order valence-corrected chi connectivity index (χ1v) is 21.3. The van der Waals surface area contributed by atoms with Crippen molar-refractivity contribution < 1.29 is 38.1 Å². The Bertz CT molecular complexity index is 1980. The number of alkyl carbamates (subject to hydrolysis) is 1. The number of benzene rings is 1. The fourth-order valence-electron chi connectivity index (χ4n) is 8.14. The van der Waals surface area contributed by atoms with Gasteiger partial charge in [-0.2, -0.15) is 0 Å². The standard InChI is InChI=1S/C42H54N6O8S/c1-5-54-39(51)42-22-26(42)13-9-7-6-8-10-16-31(46-41(52)56-27-14-11-12-15-27)38(50)48-23-29(20-35(48)37(49)47-42)55-36-21-33(34-24-57-40(45-34)43-25(2)3)44-32-19-28(53-4)17-18-30(32)36/h9,13,17-19,21,24-27,29,31,35H,5-8,10-12,14-16,20,22-23H2,1-4H3,(H,43,45)(H,46,52)(H,47,49)/t26?,29-,31+,35+,42-/m1/s1. The molecule has 3 amide bonds. The summed E-state index contributed by atoms with van der Waals surface area (Å²) in [4.78, 5) is 66.9. The first-order valence-electron chi connectivity index (χ1n) is 20.4. The third kappa shape index (κ3) is 9.29. The molecule has 3 N–H and O–H groups in total. The monoisotopic (exact) mass is 802 g/mol. The number of esters is 1. The highest BCUT2D eigenvalue weighted by Crippen LogP contribution is 2.46. The molecule has 1 aromatic carbocycles. The van der Waals surface area contributed by atoms with Gasteiger partial charge in [0.05, 0.1) is 31.5 Å². The number of nitrogens with one attached hydrogen (secondary N) is 3. The van der Waals surface area contributed by atoms with Gasteiger partial charge >= 0.3 is 12.1 Å². The van der Waals surface area contributed by atoms with E-state index in [1.165, 1.54) is 16.2 Å². The molecule has 306 valence electrons. The van der Waals surface area contributed by atoms with E-state index in [0.717, 1.165) is 55.5 Å². The van der Waals surface area contributed by atoms with Crippen molar-refractivity contribution >= 4 is 51.2 Å². The van der Waals surface area contributed by atoms with Crippen LogP contribution in [0.5, 0.6) is 11.5 Å². The molecule has 0 bridgehead atoms. The molecule has 0 spiro atoms. The van der Waals surface area contributed by atoms with Gasteiger partial charge in [0.2, 0.25) is 11.8 Å². The molecular weight excluding hydrogens is 749 g/mol. The molecular formula is C42H54N6O8S. The van der Waals surface area contributed by atoms with Crippen LogP contribution >= 0.6 is 11.3 Å². The van der Waals surface area contributed by atoms with E-state index in [0.29, 0.717) is 47.7 Å². The van der Waals surface area contributed by atoms with Crippen LogP contribution in [0.4, 0.5) is 9.93 Å². The van der Waals surface area contributed by atoms with Crippen LogP contribution < -0.4 is 25.4 Å². The first-order chi connectivity index (χ1) is 27.6. The molecule has 2 aliphatic heterocycles. The highest BCUT2D eigenvalue weighted by Gasteiger charge is 2.62. The normalized spacial score (nSPS) is 25.5. The summed E-state index contributed by atoms with van der Waals surface area (Å²) >= 11 is 1.48.